The number of aromatic nitrogens is 1. The third kappa shape index (κ3) is 1.35. The quantitative estimate of drug-likeness (QED) is 0.797. The Kier molecular flexibility index (Phi) is 1.83. The molecule has 0 unspecified atom stereocenters. The van der Waals surface area contributed by atoms with Crippen LogP contribution in [-0.2, 0) is 7.05 Å². The number of benzene rings is 1. The maximum atomic E-state index is 11.3. The van der Waals surface area contributed by atoms with E-state index in [1.807, 2.05) is 12.1 Å². The number of fused-ring (bicyclic) bond motifs is 1. The molecule has 1 saturated carbocycles. The average Bonchev–Trinajstić information content (AvgIpc) is 2.98. The molecule has 1 aliphatic carbocycles. The predicted molar refractivity (Wildman–Crippen MR) is 61.1 cm³/mol. The van der Waals surface area contributed by atoms with Crippen molar-refractivity contribution in [2.45, 2.75) is 18.8 Å². The van der Waals surface area contributed by atoms with Gasteiger partial charge in [-0.15, -0.1) is 0 Å². The van der Waals surface area contributed by atoms with Crippen LogP contribution in [0.2, 0.25) is 0 Å². The molecule has 0 bridgehead atoms. The molecule has 0 spiro atoms. The summed E-state index contributed by atoms with van der Waals surface area (Å²) in [4.78, 5) is 11.3. The molecule has 3 rings (SSSR count). The second-order valence-corrected chi connectivity index (χ2v) is 4.90. The second-order valence-electron chi connectivity index (χ2n) is 4.04. The van der Waals surface area contributed by atoms with E-state index < -0.39 is 0 Å². The predicted octanol–water partition coefficient (Wildman–Crippen LogP) is 2.77. The molecule has 3 nitrogen and oxygen atoms in total. The fourth-order valence-electron chi connectivity index (χ4n) is 1.87. The third-order valence-corrected chi connectivity index (χ3v) is 3.61. The van der Waals surface area contributed by atoms with Crippen LogP contribution in [0.15, 0.2) is 25.8 Å². The standard InChI is InChI=1S/C11H10BrNO2/c1-13-9-5-8(12)7(6-2-3-6)4-10(9)15-11(13)14/h4-6H,2-3H2,1H3. The van der Waals surface area contributed by atoms with Gasteiger partial charge in [0.25, 0.3) is 0 Å². The van der Waals surface area contributed by atoms with Crippen LogP contribution in [0, 0.1) is 0 Å². The van der Waals surface area contributed by atoms with Crippen molar-refractivity contribution in [3.05, 3.63) is 32.7 Å². The summed E-state index contributed by atoms with van der Waals surface area (Å²) in [5.74, 6) is 0.346. The number of rotatable bonds is 1. The van der Waals surface area contributed by atoms with Gasteiger partial charge in [0.1, 0.15) is 0 Å². The summed E-state index contributed by atoms with van der Waals surface area (Å²) >= 11 is 3.54. The molecule has 78 valence electrons. The number of oxazole rings is 1. The van der Waals surface area contributed by atoms with Crippen LogP contribution in [0.3, 0.4) is 0 Å². The zero-order valence-electron chi connectivity index (χ0n) is 8.29. The fraction of sp³-hybridized carbons (Fsp3) is 0.364. The summed E-state index contributed by atoms with van der Waals surface area (Å²) in [5.41, 5.74) is 2.79. The molecule has 0 aliphatic heterocycles. The lowest BCUT2D eigenvalue weighted by Gasteiger charge is -2.01. The van der Waals surface area contributed by atoms with Gasteiger partial charge in [0.05, 0.1) is 5.52 Å². The lowest BCUT2D eigenvalue weighted by Crippen LogP contribution is -2.08. The van der Waals surface area contributed by atoms with Gasteiger partial charge in [0, 0.05) is 11.5 Å². The monoisotopic (exact) mass is 267 g/mol. The van der Waals surface area contributed by atoms with Crippen molar-refractivity contribution in [2.24, 2.45) is 7.05 Å². The molecule has 0 saturated heterocycles. The fourth-order valence-corrected chi connectivity index (χ4v) is 2.53. The van der Waals surface area contributed by atoms with E-state index in [1.165, 1.54) is 23.0 Å². The Morgan fingerprint density at radius 3 is 2.87 bits per heavy atom. The molecule has 2 aromatic rings. The molecular formula is C11H10BrNO2. The van der Waals surface area contributed by atoms with Crippen LogP contribution in [0.1, 0.15) is 24.3 Å². The number of nitrogens with zero attached hydrogens (tertiary/aromatic N) is 1. The van der Waals surface area contributed by atoms with Crippen LogP contribution >= 0.6 is 15.9 Å². The zero-order chi connectivity index (χ0) is 10.6. The van der Waals surface area contributed by atoms with Crippen LogP contribution in [0.4, 0.5) is 0 Å². The van der Waals surface area contributed by atoms with Crippen molar-refractivity contribution in [3.63, 3.8) is 0 Å². The Labute approximate surface area is 94.8 Å². The normalized spacial score (nSPS) is 16.1. The van der Waals surface area contributed by atoms with Crippen molar-refractivity contribution in [1.29, 1.82) is 0 Å². The van der Waals surface area contributed by atoms with E-state index in [0.717, 1.165) is 9.99 Å². The Morgan fingerprint density at radius 1 is 1.47 bits per heavy atom. The van der Waals surface area contributed by atoms with E-state index >= 15 is 0 Å². The molecule has 1 aromatic heterocycles. The van der Waals surface area contributed by atoms with E-state index in [1.54, 1.807) is 7.05 Å². The van der Waals surface area contributed by atoms with Crippen LogP contribution < -0.4 is 5.76 Å². The lowest BCUT2D eigenvalue weighted by molar-refractivity contribution is 0.528. The first-order valence-electron chi connectivity index (χ1n) is 4.96. The SMILES string of the molecule is Cn1c(=O)oc2cc(C3CC3)c(Br)cc21. The minimum absolute atomic E-state index is 0.301. The van der Waals surface area contributed by atoms with Crippen molar-refractivity contribution in [3.8, 4) is 0 Å². The minimum Gasteiger partial charge on any atom is -0.408 e. The summed E-state index contributed by atoms with van der Waals surface area (Å²) in [6.45, 7) is 0. The molecule has 0 N–H and O–H groups in total. The Balaban J connectivity index is 2.34. The molecule has 15 heavy (non-hydrogen) atoms. The molecular weight excluding hydrogens is 258 g/mol. The highest BCUT2D eigenvalue weighted by molar-refractivity contribution is 9.10. The number of hydrogen-bond donors (Lipinski definition) is 0. The molecule has 0 amide bonds. The van der Waals surface area contributed by atoms with Crippen molar-refractivity contribution < 1.29 is 4.42 Å². The Morgan fingerprint density at radius 2 is 2.20 bits per heavy atom. The van der Waals surface area contributed by atoms with E-state index in [9.17, 15) is 4.79 Å². The maximum Gasteiger partial charge on any atom is 0.419 e. The second kappa shape index (κ2) is 2.98. The molecule has 0 atom stereocenters. The van der Waals surface area contributed by atoms with Crippen LogP contribution in [0.5, 0.6) is 0 Å². The van der Waals surface area contributed by atoms with Gasteiger partial charge in [-0.3, -0.25) is 4.57 Å². The van der Waals surface area contributed by atoms with Gasteiger partial charge < -0.3 is 4.42 Å². The largest absolute Gasteiger partial charge is 0.419 e. The van der Waals surface area contributed by atoms with E-state index in [0.29, 0.717) is 11.5 Å². The molecule has 1 heterocycles. The van der Waals surface area contributed by atoms with Gasteiger partial charge >= 0.3 is 5.76 Å². The van der Waals surface area contributed by atoms with Gasteiger partial charge in [-0.2, -0.15) is 0 Å². The molecule has 1 aromatic carbocycles. The van der Waals surface area contributed by atoms with Crippen LogP contribution in [-0.4, -0.2) is 4.57 Å². The average molecular weight is 268 g/mol. The first kappa shape index (κ1) is 9.21. The van der Waals surface area contributed by atoms with Gasteiger partial charge in [-0.1, -0.05) is 15.9 Å². The first-order valence-corrected chi connectivity index (χ1v) is 5.75. The highest BCUT2D eigenvalue weighted by Gasteiger charge is 2.26. The number of hydrogen-bond acceptors (Lipinski definition) is 2. The Hall–Kier alpha value is -1.03. The van der Waals surface area contributed by atoms with Crippen molar-refractivity contribution in [2.75, 3.05) is 0 Å². The van der Waals surface area contributed by atoms with Gasteiger partial charge in [-0.05, 0) is 36.5 Å². The summed E-state index contributed by atoms with van der Waals surface area (Å²) in [6, 6.07) is 3.95. The smallest absolute Gasteiger partial charge is 0.408 e. The highest BCUT2D eigenvalue weighted by Crippen LogP contribution is 2.44. The first-order chi connectivity index (χ1) is 7.16. The zero-order valence-corrected chi connectivity index (χ0v) is 9.87. The third-order valence-electron chi connectivity index (χ3n) is 2.93. The van der Waals surface area contributed by atoms with E-state index in [4.69, 9.17) is 4.42 Å². The summed E-state index contributed by atoms with van der Waals surface area (Å²) in [6.07, 6.45) is 2.47. The minimum atomic E-state index is -0.301. The van der Waals surface area contributed by atoms with Crippen LogP contribution in [0.25, 0.3) is 11.1 Å². The highest BCUT2D eigenvalue weighted by atomic mass is 79.9. The lowest BCUT2D eigenvalue weighted by atomic mass is 10.1. The van der Waals surface area contributed by atoms with Gasteiger partial charge in [0.2, 0.25) is 0 Å². The molecule has 1 fully saturated rings. The topological polar surface area (TPSA) is 35.1 Å². The van der Waals surface area contributed by atoms with Gasteiger partial charge in [-0.25, -0.2) is 4.79 Å². The number of aryl methyl sites for hydroxylation is 1. The van der Waals surface area contributed by atoms with Gasteiger partial charge in [0.15, 0.2) is 5.58 Å². The molecule has 0 radical (unpaired) electrons. The van der Waals surface area contributed by atoms with Crippen molar-refractivity contribution >= 4 is 27.0 Å². The molecule has 1 aliphatic rings. The van der Waals surface area contributed by atoms with E-state index in [-0.39, 0.29) is 5.76 Å². The maximum absolute atomic E-state index is 11.3. The summed E-state index contributed by atoms with van der Waals surface area (Å²) < 4.78 is 7.76. The molecule has 4 heteroatoms. The Bertz CT molecular complexity index is 592. The number of halogens is 1. The van der Waals surface area contributed by atoms with E-state index in [2.05, 4.69) is 15.9 Å². The summed E-state index contributed by atoms with van der Waals surface area (Å²) in [7, 11) is 1.72. The summed E-state index contributed by atoms with van der Waals surface area (Å²) in [5, 5.41) is 0. The van der Waals surface area contributed by atoms with Crippen molar-refractivity contribution in [1.82, 2.24) is 4.57 Å².